The summed E-state index contributed by atoms with van der Waals surface area (Å²) < 4.78 is 63.4. The van der Waals surface area contributed by atoms with Crippen LogP contribution in [0.5, 0.6) is 0 Å². The van der Waals surface area contributed by atoms with Crippen molar-refractivity contribution in [1.82, 2.24) is 4.90 Å². The first-order chi connectivity index (χ1) is 27.4. The van der Waals surface area contributed by atoms with Crippen molar-refractivity contribution in [1.29, 1.82) is 0 Å². The van der Waals surface area contributed by atoms with Crippen molar-refractivity contribution < 1.29 is 66.9 Å². The topological polar surface area (TPSA) is 167 Å². The average molecular weight is 842 g/mol. The lowest BCUT2D eigenvalue weighted by Gasteiger charge is -2.50. The summed E-state index contributed by atoms with van der Waals surface area (Å²) in [6, 6.07) is -0.249. The number of nitrogens with zero attached hydrogens (tertiary/aromatic N) is 1. The minimum absolute atomic E-state index is 0.139. The van der Waals surface area contributed by atoms with Gasteiger partial charge in [0.25, 0.3) is 0 Å². The van der Waals surface area contributed by atoms with Crippen molar-refractivity contribution in [2.24, 2.45) is 17.8 Å². The Kier molecular flexibility index (Phi) is 18.0. The second-order valence-corrected chi connectivity index (χ2v) is 17.9. The summed E-state index contributed by atoms with van der Waals surface area (Å²) in [4.78, 5) is 41.2. The van der Waals surface area contributed by atoms with Gasteiger partial charge < -0.3 is 57.4 Å². The van der Waals surface area contributed by atoms with E-state index in [1.807, 2.05) is 67.5 Å². The van der Waals surface area contributed by atoms with E-state index in [-0.39, 0.29) is 24.5 Å². The third-order valence-electron chi connectivity index (χ3n) is 12.5. The van der Waals surface area contributed by atoms with Crippen LogP contribution in [-0.4, -0.2) is 140 Å². The summed E-state index contributed by atoms with van der Waals surface area (Å²) in [5.74, 6) is -3.51. The van der Waals surface area contributed by atoms with Crippen LogP contribution < -0.4 is 0 Å². The molecular weight excluding hydrogens is 766 g/mol. The van der Waals surface area contributed by atoms with Crippen LogP contribution in [0.25, 0.3) is 0 Å². The summed E-state index contributed by atoms with van der Waals surface area (Å²) >= 11 is 0. The van der Waals surface area contributed by atoms with Crippen molar-refractivity contribution >= 4 is 17.9 Å². The van der Waals surface area contributed by atoms with Gasteiger partial charge in [-0.05, 0) is 99.4 Å². The first-order valence-electron chi connectivity index (χ1n) is 21.0. The molecule has 3 aliphatic rings. The standard InChI is InChI=1S/C44H75NO14/c1-18-33-42(11,49)21-24(3)35(52-19-2)25(4)22-43(12,50-16)38(59-41-37(55-30(9)46)32(45(14)15)20-26(5)53-41)27(6)36(28(7)40(48)57-33)58-34-23-44(13,51-17)39(29(8)54-34)56-31(10)47/h19,21,25-29,32-39,41,49H,2,18,20,22-23H2,1,3-17H3/b24-21+/t25-,26-,27+,28-,29+,32+,33-,34+,35-,36+,37-,38-,39+,41+,42+,43-,44-/m1/s1. The minimum atomic E-state index is -1.57. The molecule has 2 fully saturated rings. The molecule has 17 atom stereocenters. The minimum Gasteiger partial charge on any atom is -0.494 e. The van der Waals surface area contributed by atoms with Gasteiger partial charge in [-0.2, -0.15) is 0 Å². The van der Waals surface area contributed by atoms with Crippen LogP contribution in [0.2, 0.25) is 0 Å². The fraction of sp³-hybridized carbons (Fsp3) is 0.841. The highest BCUT2D eigenvalue weighted by molar-refractivity contribution is 5.73. The van der Waals surface area contributed by atoms with Crippen LogP contribution in [0.15, 0.2) is 24.5 Å². The molecule has 0 aromatic rings. The Morgan fingerprint density at radius 1 is 0.932 bits per heavy atom. The number of esters is 3. The number of carbonyl (C=O) groups excluding carboxylic acids is 3. The predicted molar refractivity (Wildman–Crippen MR) is 219 cm³/mol. The number of cyclic esters (lactones) is 1. The maximum absolute atomic E-state index is 14.5. The molecule has 340 valence electrons. The lowest BCUT2D eigenvalue weighted by atomic mass is 9.75. The third-order valence-corrected chi connectivity index (χ3v) is 12.5. The maximum atomic E-state index is 14.5. The molecule has 0 spiro atoms. The molecule has 15 nitrogen and oxygen atoms in total. The van der Waals surface area contributed by atoms with Crippen LogP contribution in [0.1, 0.15) is 109 Å². The molecule has 3 rings (SSSR count). The number of hydrogen-bond acceptors (Lipinski definition) is 15. The predicted octanol–water partition coefficient (Wildman–Crippen LogP) is 5.49. The molecule has 1 N–H and O–H groups in total. The fourth-order valence-corrected chi connectivity index (χ4v) is 9.44. The van der Waals surface area contributed by atoms with Gasteiger partial charge in [-0.3, -0.25) is 14.4 Å². The van der Waals surface area contributed by atoms with Crippen LogP contribution in [-0.2, 0) is 61.8 Å². The molecule has 0 aromatic carbocycles. The molecule has 3 heterocycles. The molecule has 2 saturated heterocycles. The van der Waals surface area contributed by atoms with E-state index < -0.39 is 102 Å². The van der Waals surface area contributed by atoms with Crippen LogP contribution in [0.3, 0.4) is 0 Å². The number of methoxy groups -OCH3 is 2. The van der Waals surface area contributed by atoms with Crippen molar-refractivity contribution in [2.75, 3.05) is 28.3 Å². The van der Waals surface area contributed by atoms with Gasteiger partial charge in [-0.15, -0.1) is 0 Å². The van der Waals surface area contributed by atoms with Gasteiger partial charge in [-0.1, -0.05) is 27.4 Å². The number of likely N-dealkylation sites (N-methyl/N-ethyl adjacent to an activating group) is 1. The van der Waals surface area contributed by atoms with E-state index >= 15 is 0 Å². The Labute approximate surface area is 352 Å². The normalized spacial score (nSPS) is 43.7. The molecule has 59 heavy (non-hydrogen) atoms. The summed E-state index contributed by atoms with van der Waals surface area (Å²) in [5.41, 5.74) is -3.03. The number of carbonyl (C=O) groups is 3. The van der Waals surface area contributed by atoms with Gasteiger partial charge in [0.1, 0.15) is 23.4 Å². The van der Waals surface area contributed by atoms with E-state index in [1.165, 1.54) is 27.2 Å². The van der Waals surface area contributed by atoms with Gasteiger partial charge in [0.2, 0.25) is 0 Å². The second kappa shape index (κ2) is 21.0. The Balaban J connectivity index is 2.31. The van der Waals surface area contributed by atoms with Crippen molar-refractivity contribution in [2.45, 2.75) is 193 Å². The van der Waals surface area contributed by atoms with E-state index in [0.717, 1.165) is 0 Å². The quantitative estimate of drug-likeness (QED) is 0.113. The van der Waals surface area contributed by atoms with Crippen molar-refractivity contribution in [3.63, 3.8) is 0 Å². The molecule has 0 unspecified atom stereocenters. The molecular formula is C44H75NO14. The van der Waals surface area contributed by atoms with E-state index in [1.54, 1.807) is 34.0 Å². The molecule has 0 aromatic heterocycles. The van der Waals surface area contributed by atoms with E-state index in [4.69, 9.17) is 47.4 Å². The lowest BCUT2D eigenvalue weighted by molar-refractivity contribution is -0.321. The summed E-state index contributed by atoms with van der Waals surface area (Å²) in [6.07, 6.45) is -3.48. The zero-order valence-electron chi connectivity index (χ0n) is 38.5. The molecule has 0 radical (unpaired) electrons. The van der Waals surface area contributed by atoms with E-state index in [0.29, 0.717) is 24.8 Å². The number of ether oxygens (including phenoxy) is 10. The Hall–Kier alpha value is -2.63. The zero-order chi connectivity index (χ0) is 44.8. The van der Waals surface area contributed by atoms with Gasteiger partial charge in [0, 0.05) is 40.4 Å². The number of hydrogen-bond donors (Lipinski definition) is 1. The fourth-order valence-electron chi connectivity index (χ4n) is 9.44. The molecule has 0 saturated carbocycles. The smallest absolute Gasteiger partial charge is 0.311 e. The van der Waals surface area contributed by atoms with Gasteiger partial charge in [0.05, 0.1) is 48.2 Å². The van der Waals surface area contributed by atoms with Gasteiger partial charge in [0.15, 0.2) is 24.8 Å². The van der Waals surface area contributed by atoms with Gasteiger partial charge in [-0.25, -0.2) is 0 Å². The largest absolute Gasteiger partial charge is 0.494 e. The molecule has 0 bridgehead atoms. The van der Waals surface area contributed by atoms with Gasteiger partial charge >= 0.3 is 17.9 Å². The van der Waals surface area contributed by atoms with Crippen molar-refractivity contribution in [3.05, 3.63) is 24.5 Å². The lowest BCUT2D eigenvalue weighted by Crippen LogP contribution is -2.61. The highest BCUT2D eigenvalue weighted by atomic mass is 16.7. The maximum Gasteiger partial charge on any atom is 0.311 e. The monoisotopic (exact) mass is 842 g/mol. The second-order valence-electron chi connectivity index (χ2n) is 17.9. The highest BCUT2D eigenvalue weighted by Gasteiger charge is 2.54. The zero-order valence-corrected chi connectivity index (χ0v) is 38.5. The molecule has 3 aliphatic heterocycles. The Morgan fingerprint density at radius 2 is 1.53 bits per heavy atom. The number of aliphatic hydroxyl groups is 1. The third kappa shape index (κ3) is 12.3. The SMILES string of the molecule is C=CO[C@@H]1/C(C)=C/[C@](C)(O)[C@@H](CC)OC(=O)[C@H](C)[C@@H](O[C@H]2C[C@@](C)(OC)[C@@H](OC(C)=O)[C@H](C)O2)[C@H](C)[C@@H](O[C@@H]2O[C@H](C)C[C@H](N(C)C)[C@H]2OC(C)=O)[C@](C)(OC)C[C@H]1C. The number of rotatable bonds is 12. The summed E-state index contributed by atoms with van der Waals surface area (Å²) in [5, 5.41) is 11.9. The van der Waals surface area contributed by atoms with Crippen LogP contribution in [0.4, 0.5) is 0 Å². The Morgan fingerprint density at radius 3 is 2.05 bits per heavy atom. The van der Waals surface area contributed by atoms with Crippen molar-refractivity contribution in [3.8, 4) is 0 Å². The first kappa shape index (κ1) is 50.7. The van der Waals surface area contributed by atoms with Crippen LogP contribution in [0, 0.1) is 17.8 Å². The first-order valence-corrected chi connectivity index (χ1v) is 21.0. The molecule has 0 amide bonds. The average Bonchev–Trinajstić information content (AvgIpc) is 3.14. The summed E-state index contributed by atoms with van der Waals surface area (Å²) in [6.45, 7) is 24.9. The highest BCUT2D eigenvalue weighted by Crippen LogP contribution is 2.42. The van der Waals surface area contributed by atoms with E-state index in [2.05, 4.69) is 6.58 Å². The Bertz CT molecular complexity index is 1450. The molecule has 15 heteroatoms. The van der Waals surface area contributed by atoms with E-state index in [9.17, 15) is 19.5 Å². The van der Waals surface area contributed by atoms with Crippen LogP contribution >= 0.6 is 0 Å². The summed E-state index contributed by atoms with van der Waals surface area (Å²) in [7, 11) is 6.96. The molecule has 0 aliphatic carbocycles.